The minimum absolute atomic E-state index is 0.205. The molecule has 1 N–H and O–H groups in total. The second-order valence-electron chi connectivity index (χ2n) is 9.33. The van der Waals surface area contributed by atoms with Crippen LogP contribution in [0.15, 0.2) is 95.5 Å². The Morgan fingerprint density at radius 1 is 0.791 bits per heavy atom. The van der Waals surface area contributed by atoms with E-state index in [0.29, 0.717) is 28.2 Å². The molecule has 1 amide bonds. The lowest BCUT2D eigenvalue weighted by Crippen LogP contribution is -2.49. The van der Waals surface area contributed by atoms with Crippen molar-refractivity contribution < 1.29 is 49.0 Å². The highest BCUT2D eigenvalue weighted by Gasteiger charge is 2.45. The average Bonchev–Trinajstić information content (AvgIpc) is 2.93. The van der Waals surface area contributed by atoms with Crippen LogP contribution in [0.4, 0.5) is 39.5 Å². The van der Waals surface area contributed by atoms with Crippen LogP contribution in [0.2, 0.25) is 0 Å². The zero-order valence-corrected chi connectivity index (χ0v) is 23.1. The van der Waals surface area contributed by atoms with Crippen molar-refractivity contribution in [2.24, 2.45) is 0 Å². The first-order valence-corrected chi connectivity index (χ1v) is 13.1. The third kappa shape index (κ3) is 7.15. The molecule has 0 fully saturated rings. The molecule has 0 saturated carbocycles. The van der Waals surface area contributed by atoms with Gasteiger partial charge in [0.2, 0.25) is 0 Å². The highest BCUT2D eigenvalue weighted by Crippen LogP contribution is 2.39. The summed E-state index contributed by atoms with van der Waals surface area (Å²) in [5.74, 6) is -4.99. The van der Waals surface area contributed by atoms with Crippen LogP contribution in [0, 0.1) is 11.6 Å². The third-order valence-corrected chi connectivity index (χ3v) is 6.95. The Morgan fingerprint density at radius 2 is 1.44 bits per heavy atom. The van der Waals surface area contributed by atoms with E-state index in [1.165, 1.54) is 12.1 Å². The molecule has 13 heteroatoms. The molecule has 4 aromatic carbocycles. The molecular weight excluding hydrogens is 657 g/mol. The first-order valence-electron chi connectivity index (χ1n) is 12.3. The first-order chi connectivity index (χ1) is 20.1. The van der Waals surface area contributed by atoms with Crippen molar-refractivity contribution in [1.82, 2.24) is 5.32 Å². The van der Waals surface area contributed by atoms with Crippen molar-refractivity contribution in [2.75, 3.05) is 0 Å². The smallest absolute Gasteiger partial charge is 0.428 e. The maximum Gasteiger partial charge on any atom is 0.461 e. The topological polar surface area (TPSA) is 38.3 Å². The number of ether oxygens (including phenoxy) is 1. The summed E-state index contributed by atoms with van der Waals surface area (Å²) in [6.45, 7) is 0. The highest BCUT2D eigenvalue weighted by atomic mass is 79.9. The lowest BCUT2D eigenvalue weighted by Gasteiger charge is -2.37. The van der Waals surface area contributed by atoms with E-state index in [1.54, 1.807) is 42.5 Å². The van der Waals surface area contributed by atoms with Gasteiger partial charge >= 0.3 is 18.7 Å². The summed E-state index contributed by atoms with van der Waals surface area (Å²) < 4.78 is 127. The molecule has 226 valence electrons. The summed E-state index contributed by atoms with van der Waals surface area (Å²) in [4.78, 5) is 13.6. The predicted molar refractivity (Wildman–Crippen MR) is 142 cm³/mol. The summed E-state index contributed by atoms with van der Waals surface area (Å²) in [6, 6.07) is 18.0. The molecule has 3 nitrogen and oxygen atoms in total. The van der Waals surface area contributed by atoms with Crippen molar-refractivity contribution >= 4 is 21.8 Å². The molecule has 1 unspecified atom stereocenters. The molecule has 0 radical (unpaired) electrons. The molecule has 0 aliphatic heterocycles. The average molecular weight is 676 g/mol. The minimum Gasteiger partial charge on any atom is -0.428 e. The van der Waals surface area contributed by atoms with Gasteiger partial charge in [-0.1, -0.05) is 58.4 Å². The van der Waals surface area contributed by atoms with Gasteiger partial charge < -0.3 is 10.1 Å². The maximum atomic E-state index is 15.8. The van der Waals surface area contributed by atoms with Crippen LogP contribution in [0.1, 0.15) is 32.6 Å². The Morgan fingerprint density at radius 3 is 2.02 bits per heavy atom. The zero-order valence-electron chi connectivity index (χ0n) is 21.5. The van der Waals surface area contributed by atoms with Crippen molar-refractivity contribution in [3.63, 3.8) is 0 Å². The second kappa shape index (κ2) is 12.3. The van der Waals surface area contributed by atoms with Gasteiger partial charge in [0.05, 0.1) is 11.1 Å². The molecule has 0 aromatic heterocycles. The second-order valence-corrected chi connectivity index (χ2v) is 10.2. The largest absolute Gasteiger partial charge is 0.461 e. The van der Waals surface area contributed by atoms with Crippen LogP contribution in [-0.4, -0.2) is 18.4 Å². The monoisotopic (exact) mass is 675 g/mol. The molecule has 43 heavy (non-hydrogen) atoms. The van der Waals surface area contributed by atoms with Crippen molar-refractivity contribution in [3.05, 3.63) is 135 Å². The summed E-state index contributed by atoms with van der Waals surface area (Å²) in [7, 11) is 0. The number of benzene rings is 4. The van der Waals surface area contributed by atoms with Crippen LogP contribution < -0.4 is 10.1 Å². The lowest BCUT2D eigenvalue weighted by atomic mass is 9.77. The molecule has 0 aliphatic carbocycles. The molecule has 0 heterocycles. The Kier molecular flexibility index (Phi) is 9.14. The van der Waals surface area contributed by atoms with Crippen molar-refractivity contribution in [2.45, 2.75) is 30.7 Å². The number of alkyl halides is 7. The number of hydrogen-bond donors (Lipinski definition) is 1. The van der Waals surface area contributed by atoms with E-state index in [-0.39, 0.29) is 17.5 Å². The van der Waals surface area contributed by atoms with E-state index in [2.05, 4.69) is 26.0 Å². The van der Waals surface area contributed by atoms with E-state index < -0.39 is 58.7 Å². The molecule has 1 atom stereocenters. The van der Waals surface area contributed by atoms with Gasteiger partial charge in [0, 0.05) is 28.1 Å². The standard InChI is InChI=1S/C30H19BrF9NO2/c31-20-9-7-19(8-10-20)28(16-17-4-2-1-3-5-17,22-12-11-21(15-25(22)33)43-30(39,40)27(34)35)41-26(42)18-6-13-24(32)23(14-18)29(36,37)38/h1-15,27H,16H2,(H,41,42). The minimum atomic E-state index is -5.13. The fourth-order valence-electron chi connectivity index (χ4n) is 4.43. The van der Waals surface area contributed by atoms with Gasteiger partial charge in [-0.25, -0.2) is 8.78 Å². The molecule has 4 rings (SSSR count). The van der Waals surface area contributed by atoms with Gasteiger partial charge in [0.25, 0.3) is 5.91 Å². The van der Waals surface area contributed by atoms with Crippen LogP contribution in [0.25, 0.3) is 0 Å². The number of halogens is 10. The van der Waals surface area contributed by atoms with E-state index in [1.807, 2.05) is 0 Å². The molecular formula is C30H19BrF9NO2. The summed E-state index contributed by atoms with van der Waals surface area (Å²) in [5.41, 5.74) is -3.90. The normalized spacial score (nSPS) is 13.5. The number of carbonyl (C=O) groups excluding carboxylic acids is 1. The van der Waals surface area contributed by atoms with Gasteiger partial charge in [-0.2, -0.15) is 30.7 Å². The van der Waals surface area contributed by atoms with Gasteiger partial charge in [-0.05, 0) is 53.6 Å². The van der Waals surface area contributed by atoms with Gasteiger partial charge in [-0.15, -0.1) is 0 Å². The Bertz CT molecular complexity index is 1600. The SMILES string of the molecule is O=C(NC(Cc1ccccc1)(c1ccc(Br)cc1)c1ccc(OC(F)(F)C(F)F)cc1F)c1ccc(F)c(C(F)(F)F)c1. The highest BCUT2D eigenvalue weighted by molar-refractivity contribution is 9.10. The van der Waals surface area contributed by atoms with Crippen LogP contribution in [0.3, 0.4) is 0 Å². The van der Waals surface area contributed by atoms with E-state index in [4.69, 9.17) is 0 Å². The Balaban J connectivity index is 1.91. The van der Waals surface area contributed by atoms with Gasteiger partial charge in [0.15, 0.2) is 0 Å². The van der Waals surface area contributed by atoms with Crippen LogP contribution >= 0.6 is 15.9 Å². The fraction of sp³-hybridized carbons (Fsp3) is 0.167. The Labute approximate surface area is 247 Å². The molecule has 0 saturated heterocycles. The fourth-order valence-corrected chi connectivity index (χ4v) is 4.69. The summed E-state index contributed by atoms with van der Waals surface area (Å²) in [5, 5.41) is 2.58. The number of nitrogens with one attached hydrogen (secondary N) is 1. The van der Waals surface area contributed by atoms with Gasteiger partial charge in [0.1, 0.15) is 17.4 Å². The lowest BCUT2D eigenvalue weighted by molar-refractivity contribution is -0.253. The van der Waals surface area contributed by atoms with Crippen molar-refractivity contribution in [1.29, 1.82) is 0 Å². The van der Waals surface area contributed by atoms with E-state index in [0.717, 1.165) is 18.2 Å². The van der Waals surface area contributed by atoms with Crippen LogP contribution in [-0.2, 0) is 18.1 Å². The molecule has 0 spiro atoms. The first kappa shape index (κ1) is 31.9. The molecule has 4 aromatic rings. The van der Waals surface area contributed by atoms with Crippen molar-refractivity contribution in [3.8, 4) is 5.75 Å². The summed E-state index contributed by atoms with van der Waals surface area (Å²) in [6.07, 6.45) is -14.5. The maximum absolute atomic E-state index is 15.8. The molecule has 0 bridgehead atoms. The number of hydrogen-bond acceptors (Lipinski definition) is 2. The summed E-state index contributed by atoms with van der Waals surface area (Å²) >= 11 is 3.27. The Hall–Kier alpha value is -4.00. The third-order valence-electron chi connectivity index (χ3n) is 6.42. The number of rotatable bonds is 9. The predicted octanol–water partition coefficient (Wildman–Crippen LogP) is 8.90. The molecule has 0 aliphatic rings. The number of carbonyl (C=O) groups is 1. The van der Waals surface area contributed by atoms with Gasteiger partial charge in [-0.3, -0.25) is 4.79 Å². The number of amides is 1. The zero-order chi connectivity index (χ0) is 31.6. The van der Waals surface area contributed by atoms with E-state index in [9.17, 15) is 39.9 Å². The van der Waals surface area contributed by atoms with Crippen LogP contribution in [0.5, 0.6) is 5.75 Å². The quantitative estimate of drug-likeness (QED) is 0.180. The van der Waals surface area contributed by atoms with E-state index >= 15 is 4.39 Å².